The van der Waals surface area contributed by atoms with Crippen LogP contribution in [0.15, 0.2) is 18.2 Å². The third-order valence-corrected chi connectivity index (χ3v) is 3.76. The van der Waals surface area contributed by atoms with Gasteiger partial charge in [0.15, 0.2) is 0 Å². The zero-order valence-electron chi connectivity index (χ0n) is 9.90. The molecule has 0 radical (unpaired) electrons. The summed E-state index contributed by atoms with van der Waals surface area (Å²) >= 11 is 6.06. The van der Waals surface area contributed by atoms with Gasteiger partial charge in [0.05, 0.1) is 16.4 Å². The fourth-order valence-corrected chi connectivity index (χ4v) is 2.71. The summed E-state index contributed by atoms with van der Waals surface area (Å²) in [4.78, 5) is 2.29. The minimum Gasteiger partial charge on any atom is -0.396 e. The van der Waals surface area contributed by atoms with E-state index in [1.807, 2.05) is 18.2 Å². The van der Waals surface area contributed by atoms with Crippen molar-refractivity contribution in [2.75, 3.05) is 23.8 Å². The van der Waals surface area contributed by atoms with Gasteiger partial charge in [0, 0.05) is 19.2 Å². The molecule has 0 saturated carbocycles. The lowest BCUT2D eigenvalue weighted by atomic mass is 9.98. The number of nitrogens with two attached hydrogens (primary N) is 1. The molecular weight excluding hydrogens is 236 g/mol. The van der Waals surface area contributed by atoms with E-state index >= 15 is 0 Å². The Hall–Kier alpha value is -0.930. The van der Waals surface area contributed by atoms with Crippen molar-refractivity contribution >= 4 is 23.0 Å². The number of hydrogen-bond donors (Lipinski definition) is 2. The van der Waals surface area contributed by atoms with E-state index in [0.717, 1.165) is 25.1 Å². The SMILES string of the molecule is Nc1c(Cl)cccc1N1CCCCC1CCO. The van der Waals surface area contributed by atoms with Crippen LogP contribution >= 0.6 is 11.6 Å². The Bertz CT molecular complexity index is 382. The molecule has 17 heavy (non-hydrogen) atoms. The van der Waals surface area contributed by atoms with E-state index in [4.69, 9.17) is 22.4 Å². The molecule has 1 aromatic rings. The topological polar surface area (TPSA) is 49.5 Å². The van der Waals surface area contributed by atoms with Gasteiger partial charge in [-0.25, -0.2) is 0 Å². The van der Waals surface area contributed by atoms with Crippen molar-refractivity contribution in [1.29, 1.82) is 0 Å². The lowest BCUT2D eigenvalue weighted by molar-refractivity contribution is 0.262. The first-order valence-corrected chi connectivity index (χ1v) is 6.53. The summed E-state index contributed by atoms with van der Waals surface area (Å²) in [6.45, 7) is 1.22. The Morgan fingerprint density at radius 1 is 1.41 bits per heavy atom. The average Bonchev–Trinajstić information content (AvgIpc) is 2.34. The Labute approximate surface area is 107 Å². The van der Waals surface area contributed by atoms with Crippen molar-refractivity contribution in [3.8, 4) is 0 Å². The van der Waals surface area contributed by atoms with Gasteiger partial charge < -0.3 is 15.7 Å². The lowest BCUT2D eigenvalue weighted by Crippen LogP contribution is -2.40. The minimum atomic E-state index is 0.224. The van der Waals surface area contributed by atoms with Crippen LogP contribution in [0.4, 0.5) is 11.4 Å². The highest BCUT2D eigenvalue weighted by Crippen LogP contribution is 2.34. The van der Waals surface area contributed by atoms with E-state index in [9.17, 15) is 0 Å². The van der Waals surface area contributed by atoms with Crippen molar-refractivity contribution < 1.29 is 5.11 Å². The molecule has 1 aromatic carbocycles. The third-order valence-electron chi connectivity index (χ3n) is 3.43. The van der Waals surface area contributed by atoms with E-state index in [-0.39, 0.29) is 6.61 Å². The summed E-state index contributed by atoms with van der Waals surface area (Å²) in [5.74, 6) is 0. The van der Waals surface area contributed by atoms with Crippen LogP contribution in [0.5, 0.6) is 0 Å². The van der Waals surface area contributed by atoms with E-state index in [1.54, 1.807) is 0 Å². The number of piperidine rings is 1. The first kappa shape index (κ1) is 12.5. The standard InChI is InChI=1S/C13H19ClN2O/c14-11-5-3-6-12(13(11)15)16-8-2-1-4-10(16)7-9-17/h3,5-6,10,17H,1-2,4,7-9,15H2. The molecule has 4 heteroatoms. The zero-order valence-corrected chi connectivity index (χ0v) is 10.7. The number of aliphatic hydroxyl groups excluding tert-OH is 1. The van der Waals surface area contributed by atoms with Crippen molar-refractivity contribution in [3.63, 3.8) is 0 Å². The monoisotopic (exact) mass is 254 g/mol. The number of para-hydroxylation sites is 1. The molecule has 1 unspecified atom stereocenters. The van der Waals surface area contributed by atoms with Gasteiger partial charge in [-0.05, 0) is 37.8 Å². The Balaban J connectivity index is 2.26. The molecule has 1 atom stereocenters. The Morgan fingerprint density at radius 3 is 3.00 bits per heavy atom. The normalized spacial score (nSPS) is 20.6. The van der Waals surface area contributed by atoms with Gasteiger partial charge in [-0.3, -0.25) is 0 Å². The van der Waals surface area contributed by atoms with Crippen molar-refractivity contribution in [2.45, 2.75) is 31.7 Å². The van der Waals surface area contributed by atoms with Crippen LogP contribution in [-0.4, -0.2) is 24.3 Å². The highest BCUT2D eigenvalue weighted by Gasteiger charge is 2.23. The summed E-state index contributed by atoms with van der Waals surface area (Å²) in [5.41, 5.74) is 7.70. The van der Waals surface area contributed by atoms with Crippen LogP contribution in [-0.2, 0) is 0 Å². The van der Waals surface area contributed by atoms with Crippen LogP contribution in [0.25, 0.3) is 0 Å². The number of hydrogen-bond acceptors (Lipinski definition) is 3. The highest BCUT2D eigenvalue weighted by molar-refractivity contribution is 6.33. The zero-order chi connectivity index (χ0) is 12.3. The molecule has 3 N–H and O–H groups in total. The van der Waals surface area contributed by atoms with Crippen LogP contribution in [0.3, 0.4) is 0 Å². The fourth-order valence-electron chi connectivity index (χ4n) is 2.54. The molecule has 1 saturated heterocycles. The molecule has 0 amide bonds. The lowest BCUT2D eigenvalue weighted by Gasteiger charge is -2.38. The van der Waals surface area contributed by atoms with Crippen molar-refractivity contribution in [2.24, 2.45) is 0 Å². The Kier molecular flexibility index (Phi) is 4.13. The van der Waals surface area contributed by atoms with E-state index in [1.165, 1.54) is 12.8 Å². The van der Waals surface area contributed by atoms with Gasteiger partial charge in [0.25, 0.3) is 0 Å². The molecule has 94 valence electrons. The molecular formula is C13H19ClN2O. The molecule has 1 heterocycles. The molecule has 0 bridgehead atoms. The number of benzene rings is 1. The quantitative estimate of drug-likeness (QED) is 0.816. The molecule has 2 rings (SSSR count). The number of halogens is 1. The van der Waals surface area contributed by atoms with Gasteiger partial charge in [-0.1, -0.05) is 17.7 Å². The van der Waals surface area contributed by atoms with Crippen LogP contribution < -0.4 is 10.6 Å². The first-order chi connectivity index (χ1) is 8.24. The van der Waals surface area contributed by atoms with E-state index < -0.39 is 0 Å². The largest absolute Gasteiger partial charge is 0.396 e. The molecule has 0 aromatic heterocycles. The van der Waals surface area contributed by atoms with Gasteiger partial charge in [-0.15, -0.1) is 0 Å². The van der Waals surface area contributed by atoms with E-state index in [0.29, 0.717) is 16.8 Å². The van der Waals surface area contributed by atoms with Crippen LogP contribution in [0.2, 0.25) is 5.02 Å². The summed E-state index contributed by atoms with van der Waals surface area (Å²) < 4.78 is 0. The number of rotatable bonds is 3. The van der Waals surface area contributed by atoms with Gasteiger partial charge >= 0.3 is 0 Å². The molecule has 1 fully saturated rings. The smallest absolute Gasteiger partial charge is 0.0741 e. The summed E-state index contributed by atoms with van der Waals surface area (Å²) in [5, 5.41) is 9.73. The predicted octanol–water partition coefficient (Wildman–Crippen LogP) is 2.66. The molecule has 0 spiro atoms. The second-order valence-electron chi connectivity index (χ2n) is 4.53. The first-order valence-electron chi connectivity index (χ1n) is 6.15. The maximum atomic E-state index is 9.12. The Morgan fingerprint density at radius 2 is 2.24 bits per heavy atom. The highest BCUT2D eigenvalue weighted by atomic mass is 35.5. The van der Waals surface area contributed by atoms with Gasteiger partial charge in [0.1, 0.15) is 0 Å². The van der Waals surface area contributed by atoms with Gasteiger partial charge in [0.2, 0.25) is 0 Å². The fraction of sp³-hybridized carbons (Fsp3) is 0.538. The minimum absolute atomic E-state index is 0.224. The summed E-state index contributed by atoms with van der Waals surface area (Å²) in [7, 11) is 0. The van der Waals surface area contributed by atoms with Crippen LogP contribution in [0, 0.1) is 0 Å². The van der Waals surface area contributed by atoms with Crippen molar-refractivity contribution in [1.82, 2.24) is 0 Å². The third kappa shape index (κ3) is 2.67. The maximum Gasteiger partial charge on any atom is 0.0741 e. The average molecular weight is 255 g/mol. The number of aliphatic hydroxyl groups is 1. The second kappa shape index (κ2) is 5.61. The number of anilines is 2. The predicted molar refractivity (Wildman–Crippen MR) is 72.6 cm³/mol. The molecule has 1 aliphatic rings. The maximum absolute atomic E-state index is 9.12. The number of nitrogen functional groups attached to an aromatic ring is 1. The summed E-state index contributed by atoms with van der Waals surface area (Å²) in [6, 6.07) is 6.13. The van der Waals surface area contributed by atoms with E-state index in [2.05, 4.69) is 4.90 Å². The molecule has 0 aliphatic carbocycles. The van der Waals surface area contributed by atoms with Crippen molar-refractivity contribution in [3.05, 3.63) is 23.2 Å². The van der Waals surface area contributed by atoms with Crippen LogP contribution in [0.1, 0.15) is 25.7 Å². The molecule has 3 nitrogen and oxygen atoms in total. The van der Waals surface area contributed by atoms with Gasteiger partial charge in [-0.2, -0.15) is 0 Å². The second-order valence-corrected chi connectivity index (χ2v) is 4.94. The number of nitrogens with zero attached hydrogens (tertiary/aromatic N) is 1. The molecule has 1 aliphatic heterocycles. The summed E-state index contributed by atoms with van der Waals surface area (Å²) in [6.07, 6.45) is 4.31.